The van der Waals surface area contributed by atoms with Gasteiger partial charge in [0.2, 0.25) is 0 Å². The minimum Gasteiger partial charge on any atom is -0.484 e. The number of carbonyl (C=O) groups is 1. The van der Waals surface area contributed by atoms with Crippen LogP contribution in [0.1, 0.15) is 4.79 Å². The Morgan fingerprint density at radius 2 is 2.12 bits per heavy atom. The summed E-state index contributed by atoms with van der Waals surface area (Å²) in [6.45, 7) is -0.00199. The molecule has 0 unspecified atom stereocenters. The predicted octanol–water partition coefficient (Wildman–Crippen LogP) is 2.36. The Morgan fingerprint density at radius 3 is 2.75 bits per heavy atom. The average molecular weight is 281 g/mol. The molecule has 82 valence electrons. The molecule has 0 spiro atoms. The first-order valence-corrected chi connectivity index (χ1v) is 5.44. The first-order chi connectivity index (χ1) is 7.75. The van der Waals surface area contributed by atoms with Gasteiger partial charge in [-0.25, -0.2) is 4.98 Å². The zero-order chi connectivity index (χ0) is 11.4. The van der Waals surface area contributed by atoms with Crippen LogP contribution < -0.4 is 4.74 Å². The molecule has 0 aliphatic carbocycles. The normalized spacial score (nSPS) is 10.1. The van der Waals surface area contributed by atoms with Gasteiger partial charge in [0.1, 0.15) is 12.1 Å². The molecule has 4 nitrogen and oxygen atoms in total. The van der Waals surface area contributed by atoms with Crippen molar-refractivity contribution in [3.8, 4) is 5.75 Å². The zero-order valence-electron chi connectivity index (χ0n) is 8.34. The summed E-state index contributed by atoms with van der Waals surface area (Å²) in [4.78, 5) is 15.3. The smallest absolute Gasteiger partial charge is 0.269 e. The number of benzene rings is 1. The average Bonchev–Trinajstić information content (AvgIpc) is 2.81. The van der Waals surface area contributed by atoms with E-state index in [1.807, 2.05) is 12.1 Å². The number of rotatable bonds is 3. The molecular weight excluding hydrogens is 272 g/mol. The van der Waals surface area contributed by atoms with Gasteiger partial charge in [0.25, 0.3) is 5.91 Å². The summed E-state index contributed by atoms with van der Waals surface area (Å²) in [5.41, 5.74) is 0. The molecule has 0 saturated heterocycles. The van der Waals surface area contributed by atoms with Gasteiger partial charge in [0.15, 0.2) is 6.61 Å². The largest absolute Gasteiger partial charge is 0.484 e. The highest BCUT2D eigenvalue weighted by Gasteiger charge is 2.04. The van der Waals surface area contributed by atoms with Crippen molar-refractivity contribution >= 4 is 21.8 Å². The van der Waals surface area contributed by atoms with E-state index >= 15 is 0 Å². The summed E-state index contributed by atoms with van der Waals surface area (Å²) in [6.07, 6.45) is 4.60. The Balaban J connectivity index is 1.93. The minimum atomic E-state index is -0.152. The highest BCUT2D eigenvalue weighted by atomic mass is 79.9. The molecule has 0 fully saturated rings. The number of ether oxygens (including phenoxy) is 1. The summed E-state index contributed by atoms with van der Waals surface area (Å²) < 4.78 is 7.69. The lowest BCUT2D eigenvalue weighted by molar-refractivity contribution is 0.0837. The Hall–Kier alpha value is -1.62. The highest BCUT2D eigenvalue weighted by Crippen LogP contribution is 2.15. The van der Waals surface area contributed by atoms with E-state index in [9.17, 15) is 4.79 Å². The van der Waals surface area contributed by atoms with E-state index in [4.69, 9.17) is 4.74 Å². The topological polar surface area (TPSA) is 44.1 Å². The third-order valence-electron chi connectivity index (χ3n) is 1.97. The second-order valence-corrected chi connectivity index (χ2v) is 4.02. The van der Waals surface area contributed by atoms with Crippen LogP contribution in [0.2, 0.25) is 0 Å². The molecule has 0 aliphatic heterocycles. The lowest BCUT2D eigenvalue weighted by Gasteiger charge is -2.05. The van der Waals surface area contributed by atoms with E-state index in [2.05, 4.69) is 20.9 Å². The van der Waals surface area contributed by atoms with E-state index in [-0.39, 0.29) is 12.5 Å². The van der Waals surface area contributed by atoms with Crippen LogP contribution in [0, 0.1) is 0 Å². The van der Waals surface area contributed by atoms with Gasteiger partial charge in [-0.05, 0) is 24.3 Å². The van der Waals surface area contributed by atoms with E-state index < -0.39 is 0 Å². The van der Waals surface area contributed by atoms with Crippen LogP contribution >= 0.6 is 15.9 Å². The molecule has 0 N–H and O–H groups in total. The van der Waals surface area contributed by atoms with Gasteiger partial charge >= 0.3 is 0 Å². The van der Waals surface area contributed by atoms with Gasteiger partial charge in [0.05, 0.1) is 0 Å². The van der Waals surface area contributed by atoms with E-state index in [0.29, 0.717) is 5.75 Å². The maximum atomic E-state index is 11.5. The van der Waals surface area contributed by atoms with Crippen LogP contribution in [0.4, 0.5) is 0 Å². The van der Waals surface area contributed by atoms with Gasteiger partial charge in [-0.1, -0.05) is 15.9 Å². The fourth-order valence-corrected chi connectivity index (χ4v) is 1.42. The molecule has 0 amide bonds. The van der Waals surface area contributed by atoms with E-state index in [1.54, 1.807) is 24.5 Å². The molecule has 0 atom stereocenters. The fourth-order valence-electron chi connectivity index (χ4n) is 1.16. The quantitative estimate of drug-likeness (QED) is 0.867. The number of nitrogens with zero attached hydrogens (tertiary/aromatic N) is 2. The molecule has 0 radical (unpaired) electrons. The summed E-state index contributed by atoms with van der Waals surface area (Å²) in [5, 5.41) is 0. The number of aromatic nitrogens is 2. The third kappa shape index (κ3) is 2.70. The summed E-state index contributed by atoms with van der Waals surface area (Å²) >= 11 is 3.32. The van der Waals surface area contributed by atoms with Gasteiger partial charge in [0, 0.05) is 16.9 Å². The Labute approximate surface area is 101 Å². The number of carbonyl (C=O) groups excluding carboxylic acids is 1. The van der Waals surface area contributed by atoms with E-state index in [1.165, 1.54) is 10.9 Å². The second-order valence-electron chi connectivity index (χ2n) is 3.11. The van der Waals surface area contributed by atoms with Crippen molar-refractivity contribution in [3.05, 3.63) is 47.5 Å². The maximum Gasteiger partial charge on any atom is 0.269 e. The minimum absolute atomic E-state index is 0.00199. The van der Waals surface area contributed by atoms with E-state index in [0.717, 1.165) is 4.47 Å². The number of hydrogen-bond acceptors (Lipinski definition) is 3. The van der Waals surface area contributed by atoms with Crippen molar-refractivity contribution in [2.45, 2.75) is 0 Å². The number of hydrogen-bond donors (Lipinski definition) is 0. The van der Waals surface area contributed by atoms with Crippen molar-refractivity contribution in [2.24, 2.45) is 0 Å². The standard InChI is InChI=1S/C11H9BrN2O2/c12-9-1-3-10(4-2-9)16-7-11(15)14-6-5-13-8-14/h1-6,8H,7H2. The van der Waals surface area contributed by atoms with Crippen molar-refractivity contribution in [1.82, 2.24) is 9.55 Å². The number of halogens is 1. The second kappa shape index (κ2) is 4.94. The van der Waals surface area contributed by atoms with Crippen LogP contribution in [0.15, 0.2) is 47.5 Å². The van der Waals surface area contributed by atoms with Crippen molar-refractivity contribution in [3.63, 3.8) is 0 Å². The summed E-state index contributed by atoms with van der Waals surface area (Å²) in [5.74, 6) is 0.511. The van der Waals surface area contributed by atoms with Crippen molar-refractivity contribution < 1.29 is 9.53 Å². The van der Waals surface area contributed by atoms with Crippen molar-refractivity contribution in [1.29, 1.82) is 0 Å². The molecule has 2 rings (SSSR count). The lowest BCUT2D eigenvalue weighted by atomic mass is 10.3. The highest BCUT2D eigenvalue weighted by molar-refractivity contribution is 9.10. The molecule has 1 heterocycles. The lowest BCUT2D eigenvalue weighted by Crippen LogP contribution is -2.17. The molecule has 1 aromatic heterocycles. The van der Waals surface area contributed by atoms with Gasteiger partial charge < -0.3 is 4.74 Å². The maximum absolute atomic E-state index is 11.5. The Bertz CT molecular complexity index is 465. The first kappa shape index (κ1) is 10.9. The summed E-state index contributed by atoms with van der Waals surface area (Å²) in [6, 6.07) is 7.31. The van der Waals surface area contributed by atoms with Gasteiger partial charge in [-0.3, -0.25) is 9.36 Å². The summed E-state index contributed by atoms with van der Waals surface area (Å²) in [7, 11) is 0. The molecule has 16 heavy (non-hydrogen) atoms. The monoisotopic (exact) mass is 280 g/mol. The fraction of sp³-hybridized carbons (Fsp3) is 0.0909. The van der Waals surface area contributed by atoms with Gasteiger partial charge in [-0.15, -0.1) is 0 Å². The Morgan fingerprint density at radius 1 is 1.38 bits per heavy atom. The van der Waals surface area contributed by atoms with Gasteiger partial charge in [-0.2, -0.15) is 0 Å². The molecule has 0 bridgehead atoms. The molecule has 2 aromatic rings. The predicted molar refractivity (Wildman–Crippen MR) is 62.5 cm³/mol. The zero-order valence-corrected chi connectivity index (χ0v) is 9.92. The Kier molecular flexibility index (Phi) is 3.36. The van der Waals surface area contributed by atoms with Crippen LogP contribution in [-0.2, 0) is 0 Å². The first-order valence-electron chi connectivity index (χ1n) is 4.65. The third-order valence-corrected chi connectivity index (χ3v) is 2.50. The molecule has 5 heteroatoms. The van der Waals surface area contributed by atoms with Crippen LogP contribution in [-0.4, -0.2) is 22.1 Å². The van der Waals surface area contributed by atoms with Crippen molar-refractivity contribution in [2.75, 3.05) is 6.61 Å². The van der Waals surface area contributed by atoms with Crippen LogP contribution in [0.25, 0.3) is 0 Å². The molecule has 0 aliphatic rings. The van der Waals surface area contributed by atoms with Crippen LogP contribution in [0.3, 0.4) is 0 Å². The molecule has 1 aromatic carbocycles. The van der Waals surface area contributed by atoms with Crippen LogP contribution in [0.5, 0.6) is 5.75 Å². The number of imidazole rings is 1. The molecular formula is C11H9BrN2O2. The molecule has 0 saturated carbocycles. The SMILES string of the molecule is O=C(COc1ccc(Br)cc1)n1ccnc1.